The van der Waals surface area contributed by atoms with Crippen molar-refractivity contribution in [3.63, 3.8) is 0 Å². The van der Waals surface area contributed by atoms with E-state index in [0.717, 1.165) is 22.3 Å². The Morgan fingerprint density at radius 2 is 1.70 bits per heavy atom. The summed E-state index contributed by atoms with van der Waals surface area (Å²) in [5.41, 5.74) is 4.27. The van der Waals surface area contributed by atoms with Crippen LogP contribution in [0.2, 0.25) is 10.0 Å². The number of esters is 1. The van der Waals surface area contributed by atoms with Crippen LogP contribution in [0.5, 0.6) is 5.75 Å². The molecule has 40 heavy (non-hydrogen) atoms. The number of benzene rings is 3. The lowest BCUT2D eigenvalue weighted by Crippen LogP contribution is -2.43. The molecular formula is C31H25Cl2N3O4. The van der Waals surface area contributed by atoms with E-state index in [1.54, 1.807) is 28.8 Å². The Labute approximate surface area is 241 Å². The van der Waals surface area contributed by atoms with Crippen LogP contribution in [-0.2, 0) is 22.6 Å². The summed E-state index contributed by atoms with van der Waals surface area (Å²) in [6.07, 6.45) is 3.67. The molecule has 3 aromatic carbocycles. The maximum absolute atomic E-state index is 13.1. The number of ether oxygens (including phenoxy) is 2. The van der Waals surface area contributed by atoms with Crippen LogP contribution in [0.15, 0.2) is 97.3 Å². The monoisotopic (exact) mass is 573 g/mol. The van der Waals surface area contributed by atoms with Crippen LogP contribution in [0.3, 0.4) is 0 Å². The molecule has 2 heterocycles. The molecule has 0 bridgehead atoms. The second kappa shape index (κ2) is 12.2. The summed E-state index contributed by atoms with van der Waals surface area (Å²) >= 11 is 12.4. The lowest BCUT2D eigenvalue weighted by molar-refractivity contribution is -0.142. The average Bonchev–Trinajstić information content (AvgIpc) is 3.40. The number of nitrogens with one attached hydrogen (secondary N) is 1. The minimum Gasteiger partial charge on any atom is -0.489 e. The van der Waals surface area contributed by atoms with E-state index in [1.165, 1.54) is 7.11 Å². The van der Waals surface area contributed by atoms with Crippen molar-refractivity contribution in [1.29, 1.82) is 0 Å². The van der Waals surface area contributed by atoms with Crippen molar-refractivity contribution in [2.45, 2.75) is 19.1 Å². The molecule has 1 atom stereocenters. The first kappa shape index (κ1) is 27.2. The number of fused-ring (bicyclic) bond motifs is 1. The standard InChI is InChI=1S/C31H25Cl2N3O4/c1-39-31(38)27(15-20-7-11-24(12-8-20)40-19-21-5-3-2-4-6-21)35-30(37)28-18-36-17-22(9-14-29(36)34-28)25-13-10-23(32)16-26(25)33/h2-14,16-18,27H,15,19H2,1H3,(H,35,37). The molecule has 0 aliphatic rings. The van der Waals surface area contributed by atoms with E-state index in [9.17, 15) is 9.59 Å². The number of pyridine rings is 1. The topological polar surface area (TPSA) is 81.9 Å². The van der Waals surface area contributed by atoms with Gasteiger partial charge in [0.05, 0.1) is 7.11 Å². The van der Waals surface area contributed by atoms with Gasteiger partial charge in [-0.1, -0.05) is 71.7 Å². The highest BCUT2D eigenvalue weighted by molar-refractivity contribution is 6.36. The fraction of sp³-hybridized carbons (Fsp3) is 0.129. The molecule has 0 aliphatic heterocycles. The van der Waals surface area contributed by atoms with Gasteiger partial charge in [-0.05, 0) is 53.1 Å². The van der Waals surface area contributed by atoms with E-state index in [1.807, 2.05) is 72.9 Å². The van der Waals surface area contributed by atoms with E-state index in [4.69, 9.17) is 32.7 Å². The zero-order valence-electron chi connectivity index (χ0n) is 21.5. The van der Waals surface area contributed by atoms with E-state index < -0.39 is 17.9 Å². The quantitative estimate of drug-likeness (QED) is 0.206. The van der Waals surface area contributed by atoms with Crippen molar-refractivity contribution in [2.75, 3.05) is 7.11 Å². The van der Waals surface area contributed by atoms with Gasteiger partial charge >= 0.3 is 5.97 Å². The Morgan fingerprint density at radius 1 is 0.925 bits per heavy atom. The fourth-order valence-corrected chi connectivity index (χ4v) is 4.77. The molecule has 0 saturated heterocycles. The smallest absolute Gasteiger partial charge is 0.328 e. The number of hydrogen-bond donors (Lipinski definition) is 1. The molecule has 0 radical (unpaired) electrons. The normalized spacial score (nSPS) is 11.7. The first-order valence-electron chi connectivity index (χ1n) is 12.5. The zero-order valence-corrected chi connectivity index (χ0v) is 23.0. The molecular weight excluding hydrogens is 549 g/mol. The van der Waals surface area contributed by atoms with Gasteiger partial charge in [-0.3, -0.25) is 4.79 Å². The first-order valence-corrected chi connectivity index (χ1v) is 13.2. The largest absolute Gasteiger partial charge is 0.489 e. The van der Waals surface area contributed by atoms with Crippen molar-refractivity contribution in [1.82, 2.24) is 14.7 Å². The molecule has 202 valence electrons. The minimum atomic E-state index is -0.901. The highest BCUT2D eigenvalue weighted by atomic mass is 35.5. The molecule has 2 aromatic heterocycles. The first-order chi connectivity index (χ1) is 19.4. The van der Waals surface area contributed by atoms with Gasteiger partial charge in [0.25, 0.3) is 5.91 Å². The van der Waals surface area contributed by atoms with E-state index in [-0.39, 0.29) is 12.1 Å². The summed E-state index contributed by atoms with van der Waals surface area (Å²) in [6, 6.07) is 25.3. The number of hydrogen-bond acceptors (Lipinski definition) is 5. The molecule has 7 nitrogen and oxygen atoms in total. The highest BCUT2D eigenvalue weighted by Gasteiger charge is 2.24. The van der Waals surface area contributed by atoms with Crippen LogP contribution in [0.25, 0.3) is 16.8 Å². The highest BCUT2D eigenvalue weighted by Crippen LogP contribution is 2.30. The molecule has 5 aromatic rings. The number of carbonyl (C=O) groups is 2. The van der Waals surface area contributed by atoms with Gasteiger partial charge in [-0.2, -0.15) is 0 Å². The third-order valence-electron chi connectivity index (χ3n) is 6.33. The van der Waals surface area contributed by atoms with E-state index >= 15 is 0 Å². The molecule has 1 N–H and O–H groups in total. The van der Waals surface area contributed by atoms with Crippen LogP contribution in [0, 0.1) is 0 Å². The Kier molecular flexibility index (Phi) is 8.34. The average molecular weight is 574 g/mol. The second-order valence-corrected chi connectivity index (χ2v) is 9.95. The maximum Gasteiger partial charge on any atom is 0.328 e. The van der Waals surface area contributed by atoms with Gasteiger partial charge in [-0.15, -0.1) is 0 Å². The molecule has 0 aliphatic carbocycles. The summed E-state index contributed by atoms with van der Waals surface area (Å²) in [6.45, 7) is 0.453. The van der Waals surface area contributed by atoms with Gasteiger partial charge in [0, 0.05) is 34.4 Å². The Balaban J connectivity index is 1.27. The number of rotatable bonds is 9. The third-order valence-corrected chi connectivity index (χ3v) is 6.88. The molecule has 9 heteroatoms. The molecule has 1 amide bonds. The Bertz CT molecular complexity index is 1650. The van der Waals surface area contributed by atoms with Crippen molar-refractivity contribution < 1.29 is 19.1 Å². The lowest BCUT2D eigenvalue weighted by atomic mass is 10.1. The summed E-state index contributed by atoms with van der Waals surface area (Å²) in [7, 11) is 1.29. The second-order valence-electron chi connectivity index (χ2n) is 9.11. The van der Waals surface area contributed by atoms with E-state index in [0.29, 0.717) is 28.0 Å². The van der Waals surface area contributed by atoms with Crippen molar-refractivity contribution >= 4 is 40.7 Å². The molecule has 1 unspecified atom stereocenters. The van der Waals surface area contributed by atoms with Crippen LogP contribution in [0.1, 0.15) is 21.6 Å². The van der Waals surface area contributed by atoms with E-state index in [2.05, 4.69) is 10.3 Å². The van der Waals surface area contributed by atoms with Crippen LogP contribution in [0.4, 0.5) is 0 Å². The number of halogens is 2. The van der Waals surface area contributed by atoms with Gasteiger partial charge in [-0.25, -0.2) is 9.78 Å². The predicted molar refractivity (Wildman–Crippen MR) is 155 cm³/mol. The molecule has 0 fully saturated rings. The zero-order chi connectivity index (χ0) is 28.1. The Morgan fingerprint density at radius 3 is 2.42 bits per heavy atom. The van der Waals surface area contributed by atoms with Gasteiger partial charge in [0.15, 0.2) is 0 Å². The number of methoxy groups -OCH3 is 1. The fourth-order valence-electron chi connectivity index (χ4n) is 4.25. The molecule has 5 rings (SSSR count). The summed E-state index contributed by atoms with van der Waals surface area (Å²) in [5, 5.41) is 3.82. The van der Waals surface area contributed by atoms with Gasteiger partial charge in [0.1, 0.15) is 29.7 Å². The van der Waals surface area contributed by atoms with Crippen LogP contribution < -0.4 is 10.1 Å². The number of aromatic nitrogens is 2. The van der Waals surface area contributed by atoms with Gasteiger partial charge < -0.3 is 19.2 Å². The lowest BCUT2D eigenvalue weighted by Gasteiger charge is -2.16. The third kappa shape index (κ3) is 6.45. The minimum absolute atomic E-state index is 0.165. The van der Waals surface area contributed by atoms with Crippen molar-refractivity contribution in [3.8, 4) is 16.9 Å². The summed E-state index contributed by atoms with van der Waals surface area (Å²) in [4.78, 5) is 30.0. The number of amides is 1. The number of carbonyl (C=O) groups excluding carboxylic acids is 2. The summed E-state index contributed by atoms with van der Waals surface area (Å²) in [5.74, 6) is -0.343. The number of imidazole rings is 1. The molecule has 0 spiro atoms. The van der Waals surface area contributed by atoms with Gasteiger partial charge in [0.2, 0.25) is 0 Å². The predicted octanol–water partition coefficient (Wildman–Crippen LogP) is 6.40. The van der Waals surface area contributed by atoms with Crippen LogP contribution in [-0.4, -0.2) is 34.4 Å². The maximum atomic E-state index is 13.1. The summed E-state index contributed by atoms with van der Waals surface area (Å²) < 4.78 is 12.5. The molecule has 0 saturated carbocycles. The SMILES string of the molecule is COC(=O)C(Cc1ccc(OCc2ccccc2)cc1)NC(=O)c1cn2cc(-c3ccc(Cl)cc3Cl)ccc2n1. The number of nitrogens with zero attached hydrogens (tertiary/aromatic N) is 2. The van der Waals surface area contributed by atoms with Crippen molar-refractivity contribution in [3.05, 3.63) is 124 Å². The Hall–Kier alpha value is -4.33. The van der Waals surface area contributed by atoms with Crippen LogP contribution >= 0.6 is 23.2 Å². The van der Waals surface area contributed by atoms with Crippen molar-refractivity contribution in [2.24, 2.45) is 0 Å².